The van der Waals surface area contributed by atoms with Crippen molar-refractivity contribution in [3.8, 4) is 17.2 Å². The number of aromatic amines is 1. The molecule has 0 saturated carbocycles. The molecule has 0 spiro atoms. The Bertz CT molecular complexity index is 1600. The molecule has 6 rings (SSSR count). The van der Waals surface area contributed by atoms with Crippen LogP contribution in [-0.4, -0.2) is 59.6 Å². The van der Waals surface area contributed by atoms with Crippen LogP contribution in [0.3, 0.4) is 0 Å². The number of amides is 3. The molecule has 2 fully saturated rings. The number of hydrogen-bond donors (Lipinski definition) is 1. The van der Waals surface area contributed by atoms with Crippen molar-refractivity contribution in [2.75, 3.05) is 36.5 Å². The monoisotopic (exact) mass is 565 g/mol. The van der Waals surface area contributed by atoms with E-state index in [1.807, 2.05) is 13.1 Å². The number of nitrogens with one attached hydrogen (secondary N) is 1. The average Bonchev–Trinajstić information content (AvgIpc) is 3.55. The highest BCUT2D eigenvalue weighted by atomic mass is 19.4. The molecule has 41 heavy (non-hydrogen) atoms. The number of fused-ring (bicyclic) bond motifs is 1. The molecule has 0 atom stereocenters. The molecule has 0 bridgehead atoms. The molecule has 3 amide bonds. The standard InChI is InChI=1S/C29H26F3N5O4/c1-35-14-10-21(11-15-35)41-25-7-4-19(16-23(25)29(30,31)32)36-17-26(38)37(28(36)39)18-2-5-20(6-3-18)40-24-9-13-34-27-22(24)8-12-33-27/h2-9,12-13,16,21H,10-11,14-15,17H2,1H3,(H,33,34). The van der Waals surface area contributed by atoms with Crippen molar-refractivity contribution in [3.63, 3.8) is 0 Å². The van der Waals surface area contributed by atoms with E-state index in [1.165, 1.54) is 12.1 Å². The SMILES string of the molecule is CN1CCC(Oc2ccc(N3CC(=O)N(c4ccc(Oc5ccnc6[nH]ccc56)cc4)C3=O)cc2C(F)(F)F)CC1. The van der Waals surface area contributed by atoms with E-state index in [-0.39, 0.29) is 23.2 Å². The Labute approximate surface area is 233 Å². The summed E-state index contributed by atoms with van der Waals surface area (Å²) in [5.74, 6) is 0.194. The number of H-pyrrole nitrogens is 1. The lowest BCUT2D eigenvalue weighted by Crippen LogP contribution is -2.36. The number of carbonyl (C=O) groups is 2. The molecule has 0 radical (unpaired) electrons. The highest BCUT2D eigenvalue weighted by Gasteiger charge is 2.41. The smallest absolute Gasteiger partial charge is 0.420 e. The van der Waals surface area contributed by atoms with Crippen LogP contribution in [0.25, 0.3) is 11.0 Å². The number of likely N-dealkylation sites (tertiary alicyclic amines) is 1. The third kappa shape index (κ3) is 5.30. The summed E-state index contributed by atoms with van der Waals surface area (Å²) in [5, 5.41) is 0.790. The van der Waals surface area contributed by atoms with Gasteiger partial charge in [-0.25, -0.2) is 14.7 Å². The number of imide groups is 1. The molecule has 0 aliphatic carbocycles. The number of urea groups is 1. The number of hydrogen-bond acceptors (Lipinski definition) is 6. The van der Waals surface area contributed by atoms with Gasteiger partial charge in [-0.05, 0) is 74.5 Å². The fourth-order valence-electron chi connectivity index (χ4n) is 5.06. The summed E-state index contributed by atoms with van der Waals surface area (Å²) in [6.07, 6.45) is -0.448. The molecule has 2 aromatic carbocycles. The molecule has 4 heterocycles. The quantitative estimate of drug-likeness (QED) is 0.297. The third-order valence-electron chi connectivity index (χ3n) is 7.25. The first-order valence-corrected chi connectivity index (χ1v) is 13.1. The van der Waals surface area contributed by atoms with Gasteiger partial charge in [-0.1, -0.05) is 0 Å². The van der Waals surface area contributed by atoms with E-state index >= 15 is 0 Å². The third-order valence-corrected chi connectivity index (χ3v) is 7.25. The van der Waals surface area contributed by atoms with Crippen molar-refractivity contribution in [1.82, 2.24) is 14.9 Å². The lowest BCUT2D eigenvalue weighted by atomic mass is 10.1. The highest BCUT2D eigenvalue weighted by molar-refractivity contribution is 6.27. The number of piperidine rings is 1. The topological polar surface area (TPSA) is 91.0 Å². The summed E-state index contributed by atoms with van der Waals surface area (Å²) in [7, 11) is 1.95. The minimum absolute atomic E-state index is 0.0398. The van der Waals surface area contributed by atoms with Crippen LogP contribution >= 0.6 is 0 Å². The van der Waals surface area contributed by atoms with E-state index < -0.39 is 30.2 Å². The first-order valence-electron chi connectivity index (χ1n) is 13.1. The van der Waals surface area contributed by atoms with Gasteiger partial charge in [0.15, 0.2) is 0 Å². The van der Waals surface area contributed by atoms with Gasteiger partial charge >= 0.3 is 12.2 Å². The largest absolute Gasteiger partial charge is 0.490 e. The molecule has 9 nitrogen and oxygen atoms in total. The first-order chi connectivity index (χ1) is 19.7. The van der Waals surface area contributed by atoms with Gasteiger partial charge in [0.05, 0.1) is 16.6 Å². The molecule has 2 saturated heterocycles. The van der Waals surface area contributed by atoms with Gasteiger partial charge in [-0.2, -0.15) is 13.2 Å². The zero-order chi connectivity index (χ0) is 28.7. The van der Waals surface area contributed by atoms with E-state index in [1.54, 1.807) is 42.7 Å². The summed E-state index contributed by atoms with van der Waals surface area (Å²) in [5.41, 5.74) is -0.0824. The first kappa shape index (κ1) is 26.6. The van der Waals surface area contributed by atoms with Gasteiger partial charge in [0, 0.05) is 31.2 Å². The molecule has 1 N–H and O–H groups in total. The molecule has 2 aliphatic heterocycles. The summed E-state index contributed by atoms with van der Waals surface area (Å²) < 4.78 is 53.8. The van der Waals surface area contributed by atoms with Crippen LogP contribution in [0.5, 0.6) is 17.2 Å². The predicted molar refractivity (Wildman–Crippen MR) is 145 cm³/mol. The Hall–Kier alpha value is -4.58. The van der Waals surface area contributed by atoms with E-state index in [0.29, 0.717) is 30.0 Å². The number of anilines is 2. The second-order valence-electron chi connectivity index (χ2n) is 10.0. The maximum absolute atomic E-state index is 14.0. The normalized spacial score (nSPS) is 17.1. The Morgan fingerprint density at radius 2 is 1.68 bits per heavy atom. The van der Waals surface area contributed by atoms with Crippen LogP contribution in [0, 0.1) is 0 Å². The zero-order valence-electron chi connectivity index (χ0n) is 22.0. The number of rotatable bonds is 6. The van der Waals surface area contributed by atoms with Gasteiger partial charge in [-0.15, -0.1) is 0 Å². The number of benzene rings is 2. The number of pyridine rings is 1. The highest BCUT2D eigenvalue weighted by Crippen LogP contribution is 2.40. The summed E-state index contributed by atoms with van der Waals surface area (Å²) >= 11 is 0. The van der Waals surface area contributed by atoms with Crippen molar-refractivity contribution < 1.29 is 32.2 Å². The fourth-order valence-corrected chi connectivity index (χ4v) is 5.06. The van der Waals surface area contributed by atoms with Crippen molar-refractivity contribution in [2.45, 2.75) is 25.1 Å². The van der Waals surface area contributed by atoms with Gasteiger partial charge in [0.1, 0.15) is 35.5 Å². The van der Waals surface area contributed by atoms with E-state index in [9.17, 15) is 22.8 Å². The molecule has 2 aromatic heterocycles. The number of halogens is 3. The molecular formula is C29H26F3N5O4. The van der Waals surface area contributed by atoms with Crippen LogP contribution in [0.4, 0.5) is 29.3 Å². The van der Waals surface area contributed by atoms with Crippen LogP contribution < -0.4 is 19.3 Å². The average molecular weight is 566 g/mol. The van der Waals surface area contributed by atoms with E-state index in [0.717, 1.165) is 34.3 Å². The van der Waals surface area contributed by atoms with Gasteiger partial charge < -0.3 is 19.4 Å². The van der Waals surface area contributed by atoms with Gasteiger partial charge in [0.25, 0.3) is 5.91 Å². The van der Waals surface area contributed by atoms with Crippen molar-refractivity contribution >= 4 is 34.3 Å². The van der Waals surface area contributed by atoms with Crippen molar-refractivity contribution in [2.24, 2.45) is 0 Å². The van der Waals surface area contributed by atoms with Crippen molar-refractivity contribution in [1.29, 1.82) is 0 Å². The minimum Gasteiger partial charge on any atom is -0.490 e. The summed E-state index contributed by atoms with van der Waals surface area (Å²) in [6, 6.07) is 12.6. The van der Waals surface area contributed by atoms with Gasteiger partial charge in [-0.3, -0.25) is 9.69 Å². The Morgan fingerprint density at radius 1 is 0.951 bits per heavy atom. The maximum Gasteiger partial charge on any atom is 0.420 e. The van der Waals surface area contributed by atoms with E-state index in [4.69, 9.17) is 9.47 Å². The van der Waals surface area contributed by atoms with Gasteiger partial charge in [0.2, 0.25) is 0 Å². The minimum atomic E-state index is -4.71. The maximum atomic E-state index is 14.0. The second kappa shape index (κ2) is 10.4. The summed E-state index contributed by atoms with van der Waals surface area (Å²) in [4.78, 5) is 37.4. The number of aromatic nitrogens is 2. The van der Waals surface area contributed by atoms with E-state index in [2.05, 4.69) is 14.9 Å². The van der Waals surface area contributed by atoms with Crippen LogP contribution in [0.15, 0.2) is 67.0 Å². The molecule has 2 aliphatic rings. The number of carbonyl (C=O) groups excluding carboxylic acids is 2. The molecular weight excluding hydrogens is 539 g/mol. The Morgan fingerprint density at radius 3 is 2.41 bits per heavy atom. The van der Waals surface area contributed by atoms with Crippen LogP contribution in [0.1, 0.15) is 18.4 Å². The fraction of sp³-hybridized carbons (Fsp3) is 0.276. The zero-order valence-corrected chi connectivity index (χ0v) is 22.0. The van der Waals surface area contributed by atoms with Crippen LogP contribution in [-0.2, 0) is 11.0 Å². The molecule has 0 unspecified atom stereocenters. The summed E-state index contributed by atoms with van der Waals surface area (Å²) in [6.45, 7) is 1.07. The number of alkyl halides is 3. The van der Waals surface area contributed by atoms with Crippen LogP contribution in [0.2, 0.25) is 0 Å². The Kier molecular flexibility index (Phi) is 6.78. The predicted octanol–water partition coefficient (Wildman–Crippen LogP) is 5.82. The lowest BCUT2D eigenvalue weighted by Gasteiger charge is -2.30. The Balaban J connectivity index is 1.20. The number of ether oxygens (including phenoxy) is 2. The lowest BCUT2D eigenvalue weighted by molar-refractivity contribution is -0.139. The molecule has 212 valence electrons. The second-order valence-corrected chi connectivity index (χ2v) is 10.0. The van der Waals surface area contributed by atoms with Crippen molar-refractivity contribution in [3.05, 3.63) is 72.6 Å². The number of nitrogens with zero attached hydrogens (tertiary/aromatic N) is 4. The molecule has 4 aromatic rings. The molecule has 12 heteroatoms.